The lowest BCUT2D eigenvalue weighted by Gasteiger charge is -2.29. The molecule has 0 saturated carbocycles. The second-order valence-corrected chi connectivity index (χ2v) is 5.60. The van der Waals surface area contributed by atoms with Crippen LogP contribution in [-0.2, 0) is 0 Å². The molecule has 4 nitrogen and oxygen atoms in total. The third kappa shape index (κ3) is 3.53. The van der Waals surface area contributed by atoms with E-state index >= 15 is 0 Å². The maximum Gasteiger partial charge on any atom is 0.255 e. The van der Waals surface area contributed by atoms with E-state index in [0.29, 0.717) is 11.6 Å². The molecule has 104 valence electrons. The van der Waals surface area contributed by atoms with Crippen molar-refractivity contribution in [2.75, 3.05) is 13.1 Å². The van der Waals surface area contributed by atoms with Crippen LogP contribution in [0.5, 0.6) is 0 Å². The van der Waals surface area contributed by atoms with Gasteiger partial charge in [-0.1, -0.05) is 0 Å². The molecule has 1 fully saturated rings. The largest absolute Gasteiger partial charge is 0.335 e. The van der Waals surface area contributed by atoms with E-state index in [2.05, 4.69) is 24.1 Å². The summed E-state index contributed by atoms with van der Waals surface area (Å²) in [6, 6.07) is 2.55. The van der Waals surface area contributed by atoms with Crippen molar-refractivity contribution in [1.82, 2.24) is 15.2 Å². The molecule has 0 radical (unpaired) electrons. The molecule has 1 atom stereocenters. The number of nitrogens with zero attached hydrogens (tertiary/aromatic N) is 2. The molecule has 0 aromatic carbocycles. The first-order valence-corrected chi connectivity index (χ1v) is 7.04. The van der Waals surface area contributed by atoms with Crippen LogP contribution in [0.1, 0.15) is 42.6 Å². The molecule has 1 aromatic rings. The highest BCUT2D eigenvalue weighted by Gasteiger charge is 2.24. The van der Waals surface area contributed by atoms with Crippen LogP contribution in [0.4, 0.5) is 0 Å². The van der Waals surface area contributed by atoms with Gasteiger partial charge in [0.25, 0.3) is 5.91 Å². The van der Waals surface area contributed by atoms with Crippen LogP contribution >= 0.6 is 0 Å². The highest BCUT2D eigenvalue weighted by molar-refractivity contribution is 5.94. The molecule has 1 aliphatic rings. The van der Waals surface area contributed by atoms with Crippen molar-refractivity contribution < 1.29 is 4.79 Å². The average molecular weight is 261 g/mol. The third-order valence-electron chi connectivity index (χ3n) is 3.59. The molecule has 0 aliphatic carbocycles. The number of aromatic nitrogens is 1. The number of aryl methyl sites for hydroxylation is 1. The number of pyridine rings is 1. The van der Waals surface area contributed by atoms with Crippen LogP contribution in [0.3, 0.4) is 0 Å². The number of nitrogens with one attached hydrogen (secondary N) is 1. The standard InChI is InChI=1S/C15H23N3O/c1-11(2)18(10-14-5-4-6-17-14)15(19)13-7-12(3)8-16-9-13/h7-9,11,14,17H,4-6,10H2,1-3H3. The number of carbonyl (C=O) groups is 1. The first kappa shape index (κ1) is 14.0. The van der Waals surface area contributed by atoms with E-state index in [1.54, 1.807) is 12.4 Å². The Morgan fingerprint density at radius 1 is 1.53 bits per heavy atom. The average Bonchev–Trinajstić information content (AvgIpc) is 2.87. The number of carbonyl (C=O) groups excluding carboxylic acids is 1. The van der Waals surface area contributed by atoms with Crippen LogP contribution in [0, 0.1) is 6.92 Å². The smallest absolute Gasteiger partial charge is 0.255 e. The van der Waals surface area contributed by atoms with Gasteiger partial charge in [0.15, 0.2) is 0 Å². The van der Waals surface area contributed by atoms with E-state index in [-0.39, 0.29) is 11.9 Å². The Morgan fingerprint density at radius 3 is 2.89 bits per heavy atom. The van der Waals surface area contributed by atoms with Crippen LogP contribution in [0.25, 0.3) is 0 Å². The minimum absolute atomic E-state index is 0.0832. The molecule has 1 saturated heterocycles. The molecular formula is C15H23N3O. The predicted molar refractivity (Wildman–Crippen MR) is 76.2 cm³/mol. The van der Waals surface area contributed by atoms with Crippen molar-refractivity contribution in [1.29, 1.82) is 0 Å². The number of hydrogen-bond acceptors (Lipinski definition) is 3. The van der Waals surface area contributed by atoms with E-state index < -0.39 is 0 Å². The summed E-state index contributed by atoms with van der Waals surface area (Å²) in [5.74, 6) is 0.0832. The van der Waals surface area contributed by atoms with Gasteiger partial charge >= 0.3 is 0 Å². The summed E-state index contributed by atoms with van der Waals surface area (Å²) in [5, 5.41) is 3.45. The van der Waals surface area contributed by atoms with Crippen LogP contribution in [-0.4, -0.2) is 41.0 Å². The second-order valence-electron chi connectivity index (χ2n) is 5.60. The molecular weight excluding hydrogens is 238 g/mol. The van der Waals surface area contributed by atoms with Gasteiger partial charge in [0.05, 0.1) is 5.56 Å². The zero-order chi connectivity index (χ0) is 13.8. The van der Waals surface area contributed by atoms with Crippen molar-refractivity contribution in [3.63, 3.8) is 0 Å². The lowest BCUT2D eigenvalue weighted by molar-refractivity contribution is 0.0688. The molecule has 1 amide bonds. The summed E-state index contributed by atoms with van der Waals surface area (Å²) in [7, 11) is 0. The quantitative estimate of drug-likeness (QED) is 0.901. The fourth-order valence-corrected chi connectivity index (χ4v) is 2.52. The zero-order valence-corrected chi connectivity index (χ0v) is 12.0. The molecule has 0 bridgehead atoms. The first-order chi connectivity index (χ1) is 9.08. The Labute approximate surface area is 115 Å². The minimum Gasteiger partial charge on any atom is -0.335 e. The Hall–Kier alpha value is -1.42. The molecule has 2 heterocycles. The van der Waals surface area contributed by atoms with E-state index in [0.717, 1.165) is 25.1 Å². The number of rotatable bonds is 4. The fourth-order valence-electron chi connectivity index (χ4n) is 2.52. The maximum absolute atomic E-state index is 12.6. The van der Waals surface area contributed by atoms with Gasteiger partial charge in [-0.05, 0) is 51.8 Å². The van der Waals surface area contributed by atoms with Gasteiger partial charge in [-0.3, -0.25) is 9.78 Å². The lowest BCUT2D eigenvalue weighted by atomic mass is 10.1. The summed E-state index contributed by atoms with van der Waals surface area (Å²) < 4.78 is 0. The summed E-state index contributed by atoms with van der Waals surface area (Å²) in [4.78, 5) is 18.6. The molecule has 19 heavy (non-hydrogen) atoms. The molecule has 0 spiro atoms. The fraction of sp³-hybridized carbons (Fsp3) is 0.600. The lowest BCUT2D eigenvalue weighted by Crippen LogP contribution is -2.44. The van der Waals surface area contributed by atoms with E-state index in [1.807, 2.05) is 17.9 Å². The van der Waals surface area contributed by atoms with Gasteiger partial charge in [0, 0.05) is 31.0 Å². The molecule has 1 unspecified atom stereocenters. The Bertz CT molecular complexity index is 439. The van der Waals surface area contributed by atoms with E-state index in [4.69, 9.17) is 0 Å². The van der Waals surface area contributed by atoms with Crippen molar-refractivity contribution in [3.05, 3.63) is 29.6 Å². The molecule has 1 aromatic heterocycles. The SMILES string of the molecule is Cc1cncc(C(=O)N(CC2CCCN2)C(C)C)c1. The van der Waals surface area contributed by atoms with Crippen LogP contribution in [0.2, 0.25) is 0 Å². The van der Waals surface area contributed by atoms with E-state index in [9.17, 15) is 4.79 Å². The van der Waals surface area contributed by atoms with Crippen molar-refractivity contribution >= 4 is 5.91 Å². The molecule has 1 aliphatic heterocycles. The van der Waals surface area contributed by atoms with Gasteiger partial charge in [0.1, 0.15) is 0 Å². The van der Waals surface area contributed by atoms with Gasteiger partial charge in [0.2, 0.25) is 0 Å². The third-order valence-corrected chi connectivity index (χ3v) is 3.59. The second kappa shape index (κ2) is 6.15. The van der Waals surface area contributed by atoms with E-state index in [1.165, 1.54) is 6.42 Å². The molecule has 4 heteroatoms. The van der Waals surface area contributed by atoms with Gasteiger partial charge in [-0.15, -0.1) is 0 Å². The monoisotopic (exact) mass is 261 g/mol. The first-order valence-electron chi connectivity index (χ1n) is 7.04. The highest BCUT2D eigenvalue weighted by atomic mass is 16.2. The van der Waals surface area contributed by atoms with Crippen molar-refractivity contribution in [2.45, 2.75) is 45.7 Å². The van der Waals surface area contributed by atoms with Gasteiger partial charge in [-0.2, -0.15) is 0 Å². The Kier molecular flexibility index (Phi) is 4.53. The van der Waals surface area contributed by atoms with Crippen LogP contribution in [0.15, 0.2) is 18.5 Å². The molecule has 2 rings (SSSR count). The minimum atomic E-state index is 0.0832. The highest BCUT2D eigenvalue weighted by Crippen LogP contribution is 2.13. The summed E-state index contributed by atoms with van der Waals surface area (Å²) in [6.07, 6.45) is 5.79. The Morgan fingerprint density at radius 2 is 2.32 bits per heavy atom. The number of amides is 1. The van der Waals surface area contributed by atoms with Crippen molar-refractivity contribution in [2.24, 2.45) is 0 Å². The van der Waals surface area contributed by atoms with Crippen molar-refractivity contribution in [3.8, 4) is 0 Å². The Balaban J connectivity index is 2.11. The maximum atomic E-state index is 12.6. The summed E-state index contributed by atoms with van der Waals surface area (Å²) >= 11 is 0. The normalized spacial score (nSPS) is 18.8. The topological polar surface area (TPSA) is 45.2 Å². The number of hydrogen-bond donors (Lipinski definition) is 1. The predicted octanol–water partition coefficient (Wildman–Crippen LogP) is 1.99. The molecule has 1 N–H and O–H groups in total. The van der Waals surface area contributed by atoms with Crippen LogP contribution < -0.4 is 5.32 Å². The summed E-state index contributed by atoms with van der Waals surface area (Å²) in [5.41, 5.74) is 1.71. The zero-order valence-electron chi connectivity index (χ0n) is 12.0. The summed E-state index contributed by atoms with van der Waals surface area (Å²) in [6.45, 7) is 7.94. The van der Waals surface area contributed by atoms with Gasteiger partial charge < -0.3 is 10.2 Å². The van der Waals surface area contributed by atoms with Gasteiger partial charge in [-0.25, -0.2) is 0 Å².